The minimum absolute atomic E-state index is 0.0939. The second-order valence-electron chi connectivity index (χ2n) is 6.14. The van der Waals surface area contributed by atoms with E-state index in [-0.39, 0.29) is 12.6 Å². The van der Waals surface area contributed by atoms with Gasteiger partial charge >= 0.3 is 0 Å². The molecule has 0 spiro atoms. The van der Waals surface area contributed by atoms with Gasteiger partial charge in [-0.15, -0.1) is 0 Å². The lowest BCUT2D eigenvalue weighted by Gasteiger charge is -2.16. The molecule has 28 heavy (non-hydrogen) atoms. The summed E-state index contributed by atoms with van der Waals surface area (Å²) in [7, 11) is 0. The van der Waals surface area contributed by atoms with Gasteiger partial charge in [0.1, 0.15) is 12.4 Å². The van der Waals surface area contributed by atoms with Gasteiger partial charge in [0, 0.05) is 18.3 Å². The molecule has 0 atom stereocenters. The number of anilines is 2. The zero-order chi connectivity index (χ0) is 20.6. The minimum Gasteiger partial charge on any atom is -0.487 e. The Bertz CT molecular complexity index is 802. The first-order valence-electron chi connectivity index (χ1n) is 8.94. The Morgan fingerprint density at radius 2 is 2.07 bits per heavy atom. The highest BCUT2D eigenvalue weighted by molar-refractivity contribution is 5.51. The number of nitrogens with one attached hydrogen (secondary N) is 1. The smallest absolute Gasteiger partial charge is 0.299 e. The van der Waals surface area contributed by atoms with Crippen molar-refractivity contribution in [1.29, 1.82) is 0 Å². The average Bonchev–Trinajstić information content (AvgIpc) is 2.67. The van der Waals surface area contributed by atoms with Crippen molar-refractivity contribution in [3.8, 4) is 11.5 Å². The lowest BCUT2D eigenvalue weighted by molar-refractivity contribution is 0.00516. The van der Waals surface area contributed by atoms with Crippen LogP contribution in [-0.4, -0.2) is 34.0 Å². The van der Waals surface area contributed by atoms with Crippen molar-refractivity contribution in [1.82, 2.24) is 15.0 Å². The van der Waals surface area contributed by atoms with Crippen molar-refractivity contribution >= 4 is 11.8 Å². The Morgan fingerprint density at radius 1 is 1.29 bits per heavy atom. The van der Waals surface area contributed by atoms with Crippen molar-refractivity contribution in [3.63, 3.8) is 0 Å². The van der Waals surface area contributed by atoms with Crippen LogP contribution in [0.5, 0.6) is 11.5 Å². The van der Waals surface area contributed by atoms with Gasteiger partial charge in [-0.25, -0.2) is 4.98 Å². The number of hydrogen-bond donors (Lipinski definition) is 2. The number of halogens is 2. The van der Waals surface area contributed by atoms with Crippen LogP contribution in [0.4, 0.5) is 20.5 Å². The average molecular weight is 393 g/mol. The molecule has 2 rings (SSSR count). The van der Waals surface area contributed by atoms with Crippen molar-refractivity contribution in [2.75, 3.05) is 24.2 Å². The van der Waals surface area contributed by atoms with Crippen LogP contribution in [0.15, 0.2) is 31.1 Å². The number of nitrogens with two attached hydrogens (primary N) is 1. The van der Waals surface area contributed by atoms with Gasteiger partial charge in [0.25, 0.3) is 5.92 Å². The highest BCUT2D eigenvalue weighted by Crippen LogP contribution is 2.26. The Morgan fingerprint density at radius 3 is 2.79 bits per heavy atom. The van der Waals surface area contributed by atoms with Crippen molar-refractivity contribution in [2.24, 2.45) is 0 Å². The molecule has 0 aromatic carbocycles. The van der Waals surface area contributed by atoms with E-state index < -0.39 is 12.5 Å². The summed E-state index contributed by atoms with van der Waals surface area (Å²) in [5.41, 5.74) is 6.81. The maximum atomic E-state index is 13.3. The monoisotopic (exact) mass is 393 g/mol. The highest BCUT2D eigenvalue weighted by Gasteiger charge is 2.25. The minimum atomic E-state index is -3.10. The molecule has 2 aromatic rings. The number of pyridine rings is 1. The summed E-state index contributed by atoms with van der Waals surface area (Å²) in [6.07, 6.45) is 5.52. The highest BCUT2D eigenvalue weighted by atomic mass is 19.3. The summed E-state index contributed by atoms with van der Waals surface area (Å²) in [4.78, 5) is 12.3. The second-order valence-corrected chi connectivity index (χ2v) is 6.14. The van der Waals surface area contributed by atoms with Crippen LogP contribution in [0.1, 0.15) is 31.0 Å². The molecule has 2 aromatic heterocycles. The second kappa shape index (κ2) is 9.82. The number of hydrogen-bond acceptors (Lipinski definition) is 7. The van der Waals surface area contributed by atoms with E-state index in [1.54, 1.807) is 6.92 Å². The fraction of sp³-hybridized carbons (Fsp3) is 0.421. The molecule has 0 radical (unpaired) electrons. The van der Waals surface area contributed by atoms with Crippen molar-refractivity contribution < 1.29 is 18.3 Å². The molecule has 0 aliphatic rings. The molecule has 0 saturated carbocycles. The van der Waals surface area contributed by atoms with Crippen LogP contribution in [0.2, 0.25) is 0 Å². The normalized spacial score (nSPS) is 11.1. The van der Waals surface area contributed by atoms with Gasteiger partial charge in [0.15, 0.2) is 18.2 Å². The SMILES string of the molecule is C=CC(F)(F)COc1ccnc(COc2cnc(N)nc2NCCCC)c1C. The van der Waals surface area contributed by atoms with Gasteiger partial charge in [0.2, 0.25) is 5.95 Å². The van der Waals surface area contributed by atoms with Gasteiger partial charge in [0.05, 0.1) is 11.9 Å². The standard InChI is InChI=1S/C19H25F2N5O2/c1-4-6-8-24-17-16(10-25-18(22)26-17)27-11-14-13(3)15(7-9-23-14)28-12-19(20,21)5-2/h5,7,9-10H,2,4,6,8,11-12H2,1,3H3,(H3,22,24,25,26). The first-order valence-corrected chi connectivity index (χ1v) is 8.94. The first kappa shape index (κ1) is 21.3. The number of ether oxygens (including phenoxy) is 2. The number of alkyl halides is 2. The lowest BCUT2D eigenvalue weighted by Crippen LogP contribution is -2.22. The summed E-state index contributed by atoms with van der Waals surface area (Å²) in [6, 6.07) is 1.53. The van der Waals surface area contributed by atoms with E-state index in [0.717, 1.165) is 19.4 Å². The zero-order valence-electron chi connectivity index (χ0n) is 16.0. The fourth-order valence-electron chi connectivity index (χ4n) is 2.24. The van der Waals surface area contributed by atoms with Crippen molar-refractivity contribution in [2.45, 2.75) is 39.2 Å². The van der Waals surface area contributed by atoms with E-state index in [9.17, 15) is 8.78 Å². The lowest BCUT2D eigenvalue weighted by atomic mass is 10.2. The van der Waals surface area contributed by atoms with E-state index in [1.165, 1.54) is 18.5 Å². The van der Waals surface area contributed by atoms with E-state index in [0.29, 0.717) is 34.7 Å². The molecule has 0 aliphatic carbocycles. The number of rotatable bonds is 11. The molecule has 9 heteroatoms. The quantitative estimate of drug-likeness (QED) is 0.443. The summed E-state index contributed by atoms with van der Waals surface area (Å²) >= 11 is 0. The van der Waals surface area contributed by atoms with E-state index >= 15 is 0 Å². The van der Waals surface area contributed by atoms with Gasteiger partial charge < -0.3 is 20.5 Å². The molecule has 3 N–H and O–H groups in total. The molecule has 0 saturated heterocycles. The predicted molar refractivity (Wildman–Crippen MR) is 104 cm³/mol. The van der Waals surface area contributed by atoms with Gasteiger partial charge in [-0.1, -0.05) is 19.9 Å². The number of unbranched alkanes of at least 4 members (excludes halogenated alkanes) is 1. The van der Waals surface area contributed by atoms with Gasteiger partial charge in [-0.2, -0.15) is 13.8 Å². The molecule has 0 bridgehead atoms. The topological polar surface area (TPSA) is 95.2 Å². The summed E-state index contributed by atoms with van der Waals surface area (Å²) in [6.45, 7) is 6.94. The molecular weight excluding hydrogens is 368 g/mol. The van der Waals surface area contributed by atoms with E-state index in [2.05, 4.69) is 33.8 Å². The largest absolute Gasteiger partial charge is 0.487 e. The summed E-state index contributed by atoms with van der Waals surface area (Å²) in [5, 5.41) is 3.17. The summed E-state index contributed by atoms with van der Waals surface area (Å²) in [5.74, 6) is -1.73. The van der Waals surface area contributed by atoms with Crippen LogP contribution in [0.25, 0.3) is 0 Å². The number of nitrogens with zero attached hydrogens (tertiary/aromatic N) is 3. The van der Waals surface area contributed by atoms with Crippen LogP contribution in [0, 0.1) is 6.92 Å². The Labute approximate surface area is 163 Å². The molecule has 7 nitrogen and oxygen atoms in total. The molecule has 152 valence electrons. The van der Waals surface area contributed by atoms with Crippen molar-refractivity contribution in [3.05, 3.63) is 42.4 Å². The van der Waals surface area contributed by atoms with Crippen LogP contribution < -0.4 is 20.5 Å². The maximum Gasteiger partial charge on any atom is 0.299 e. The number of aromatic nitrogens is 3. The van der Waals surface area contributed by atoms with Crippen LogP contribution in [-0.2, 0) is 6.61 Å². The molecule has 0 unspecified atom stereocenters. The Hall–Kier alpha value is -2.97. The molecule has 0 fully saturated rings. The molecule has 2 heterocycles. The molecular formula is C19H25F2N5O2. The van der Waals surface area contributed by atoms with E-state index in [1.807, 2.05) is 0 Å². The van der Waals surface area contributed by atoms with Gasteiger partial charge in [-0.3, -0.25) is 4.98 Å². The molecule has 0 amide bonds. The van der Waals surface area contributed by atoms with Crippen LogP contribution >= 0.6 is 0 Å². The first-order chi connectivity index (χ1) is 13.4. The maximum absolute atomic E-state index is 13.3. The number of nitrogen functional groups attached to an aromatic ring is 1. The van der Waals surface area contributed by atoms with Crippen LogP contribution in [0.3, 0.4) is 0 Å². The Balaban J connectivity index is 2.08. The third-order valence-corrected chi connectivity index (χ3v) is 3.94. The third kappa shape index (κ3) is 6.04. The van der Waals surface area contributed by atoms with Gasteiger partial charge in [-0.05, 0) is 25.5 Å². The Kier molecular flexibility index (Phi) is 7.48. The fourth-order valence-corrected chi connectivity index (χ4v) is 2.24. The van der Waals surface area contributed by atoms with E-state index in [4.69, 9.17) is 15.2 Å². The summed E-state index contributed by atoms with van der Waals surface area (Å²) < 4.78 is 37.7. The third-order valence-electron chi connectivity index (χ3n) is 3.94. The zero-order valence-corrected chi connectivity index (χ0v) is 16.0. The predicted octanol–water partition coefficient (Wildman–Crippen LogP) is 3.75. The molecule has 0 aliphatic heterocycles.